The van der Waals surface area contributed by atoms with Crippen molar-refractivity contribution >= 4 is 0 Å². The van der Waals surface area contributed by atoms with Crippen molar-refractivity contribution in [3.05, 3.63) is 47.3 Å². The van der Waals surface area contributed by atoms with Crippen LogP contribution in [-0.4, -0.2) is 38.1 Å². The summed E-state index contributed by atoms with van der Waals surface area (Å²) < 4.78 is 34.9. The molecule has 1 aliphatic heterocycles. The van der Waals surface area contributed by atoms with Crippen LogP contribution in [0.4, 0.5) is 8.78 Å². The number of aromatic amines is 1. The molecule has 1 atom stereocenters. The van der Waals surface area contributed by atoms with Crippen molar-refractivity contribution in [3.8, 4) is 22.5 Å². The van der Waals surface area contributed by atoms with E-state index in [1.165, 1.54) is 0 Å². The topological polar surface area (TPSA) is 76.6 Å². The summed E-state index contributed by atoms with van der Waals surface area (Å²) >= 11 is 0. The van der Waals surface area contributed by atoms with Gasteiger partial charge in [0.25, 0.3) is 5.92 Å². The summed E-state index contributed by atoms with van der Waals surface area (Å²) in [6, 6.07) is 9.55. The average molecular weight is 397 g/mol. The van der Waals surface area contributed by atoms with Gasteiger partial charge in [-0.05, 0) is 42.5 Å². The van der Waals surface area contributed by atoms with E-state index >= 15 is 0 Å². The molecule has 8 heteroatoms. The fourth-order valence-electron chi connectivity index (χ4n) is 4.47. The normalized spacial score (nSPS) is 23.1. The molecule has 29 heavy (non-hydrogen) atoms. The van der Waals surface area contributed by atoms with E-state index in [1.807, 2.05) is 37.3 Å². The predicted octanol–water partition coefficient (Wildman–Crippen LogP) is 4.08. The summed E-state index contributed by atoms with van der Waals surface area (Å²) in [5, 5.41) is 14.6. The Kier molecular flexibility index (Phi) is 4.20. The van der Waals surface area contributed by atoms with Crippen LogP contribution in [0.3, 0.4) is 0 Å². The molecule has 5 rings (SSSR count). The summed E-state index contributed by atoms with van der Waals surface area (Å²) in [6.07, 6.45) is 1.41. The van der Waals surface area contributed by atoms with E-state index in [9.17, 15) is 8.78 Å². The second-order valence-corrected chi connectivity index (χ2v) is 7.95. The van der Waals surface area contributed by atoms with E-state index in [-0.39, 0.29) is 19.3 Å². The first kappa shape index (κ1) is 18.3. The molecule has 0 unspecified atom stereocenters. The molecule has 0 bridgehead atoms. The minimum Gasteiger partial charge on any atom is -0.369 e. The predicted molar refractivity (Wildman–Crippen MR) is 102 cm³/mol. The standard InChI is InChI=1S/C21H21F2N5O/c1-20(9-5-11-29-20)18-17(19-25-27-28-26-19)16(13-6-3-2-4-7-13)14-12-21(22,23)10-8-15(14)24-18/h2-4,6-7H,5,8-12H2,1H3,(H,25,26,27,28)/t20-/m1/s1. The van der Waals surface area contributed by atoms with E-state index in [0.717, 1.165) is 18.4 Å². The summed E-state index contributed by atoms with van der Waals surface area (Å²) in [7, 11) is 0. The van der Waals surface area contributed by atoms with Gasteiger partial charge in [0, 0.05) is 30.7 Å². The zero-order chi connectivity index (χ0) is 20.1. The zero-order valence-electron chi connectivity index (χ0n) is 16.1. The Morgan fingerprint density at radius 2 is 1.93 bits per heavy atom. The van der Waals surface area contributed by atoms with Gasteiger partial charge in [0.05, 0.1) is 11.3 Å². The van der Waals surface area contributed by atoms with Gasteiger partial charge >= 0.3 is 0 Å². The van der Waals surface area contributed by atoms with Gasteiger partial charge in [-0.3, -0.25) is 4.98 Å². The molecule has 3 heterocycles. The van der Waals surface area contributed by atoms with Gasteiger partial charge in [-0.1, -0.05) is 30.3 Å². The van der Waals surface area contributed by atoms with Crippen LogP contribution in [0.5, 0.6) is 0 Å². The molecule has 3 aromatic rings. The fraction of sp³-hybridized carbons (Fsp3) is 0.429. The number of benzene rings is 1. The third kappa shape index (κ3) is 3.11. The number of fused-ring (bicyclic) bond motifs is 1. The highest BCUT2D eigenvalue weighted by molar-refractivity contribution is 5.85. The molecule has 150 valence electrons. The third-order valence-corrected chi connectivity index (χ3v) is 5.90. The van der Waals surface area contributed by atoms with Crippen LogP contribution >= 0.6 is 0 Å². The number of H-pyrrole nitrogens is 1. The number of tetrazole rings is 1. The van der Waals surface area contributed by atoms with Gasteiger partial charge in [0.1, 0.15) is 5.60 Å². The molecule has 0 radical (unpaired) electrons. The van der Waals surface area contributed by atoms with Crippen LogP contribution in [-0.2, 0) is 23.2 Å². The maximum absolute atomic E-state index is 14.4. The molecule has 1 aromatic carbocycles. The third-order valence-electron chi connectivity index (χ3n) is 5.90. The maximum Gasteiger partial charge on any atom is 0.252 e. The first-order valence-electron chi connectivity index (χ1n) is 9.84. The molecule has 1 N–H and O–H groups in total. The van der Waals surface area contributed by atoms with Gasteiger partial charge in [0.15, 0.2) is 0 Å². The second-order valence-electron chi connectivity index (χ2n) is 7.95. The smallest absolute Gasteiger partial charge is 0.252 e. The van der Waals surface area contributed by atoms with Crippen molar-refractivity contribution in [1.82, 2.24) is 25.6 Å². The first-order chi connectivity index (χ1) is 14.0. The Bertz CT molecular complexity index is 1030. The van der Waals surface area contributed by atoms with E-state index in [1.54, 1.807) is 0 Å². The molecule has 0 spiro atoms. The maximum atomic E-state index is 14.4. The molecule has 2 aromatic heterocycles. The van der Waals surface area contributed by atoms with Crippen LogP contribution in [0, 0.1) is 0 Å². The van der Waals surface area contributed by atoms with E-state index in [4.69, 9.17) is 9.72 Å². The number of ether oxygens (including phenoxy) is 1. The van der Waals surface area contributed by atoms with Crippen LogP contribution in [0.15, 0.2) is 30.3 Å². The number of pyridine rings is 1. The quantitative estimate of drug-likeness (QED) is 0.721. The van der Waals surface area contributed by atoms with Crippen LogP contribution in [0.2, 0.25) is 0 Å². The Morgan fingerprint density at radius 1 is 1.10 bits per heavy atom. The zero-order valence-corrected chi connectivity index (χ0v) is 16.1. The first-order valence-corrected chi connectivity index (χ1v) is 9.84. The Hall–Kier alpha value is -2.74. The summed E-state index contributed by atoms with van der Waals surface area (Å²) in [5.74, 6) is -2.41. The molecule has 6 nitrogen and oxygen atoms in total. The van der Waals surface area contributed by atoms with Crippen molar-refractivity contribution in [2.45, 2.75) is 50.6 Å². The van der Waals surface area contributed by atoms with Crippen molar-refractivity contribution < 1.29 is 13.5 Å². The fourth-order valence-corrected chi connectivity index (χ4v) is 4.47. The van der Waals surface area contributed by atoms with Crippen LogP contribution < -0.4 is 0 Å². The number of aryl methyl sites for hydroxylation is 1. The molecular weight excluding hydrogens is 376 g/mol. The van der Waals surface area contributed by atoms with Crippen molar-refractivity contribution in [3.63, 3.8) is 0 Å². The Labute approximate surface area is 166 Å². The number of hydrogen-bond donors (Lipinski definition) is 1. The number of nitrogens with one attached hydrogen (secondary N) is 1. The van der Waals surface area contributed by atoms with Gasteiger partial charge in [0.2, 0.25) is 5.82 Å². The SMILES string of the molecule is C[C@]1(c2nc3c(c(-c4ccccc4)c2-c2nn[nH]n2)CC(F)(F)CC3)CCCO1. The molecule has 1 fully saturated rings. The lowest BCUT2D eigenvalue weighted by Gasteiger charge is -2.32. The minimum absolute atomic E-state index is 0.195. The molecule has 2 aliphatic rings. The van der Waals surface area contributed by atoms with Crippen molar-refractivity contribution in [2.75, 3.05) is 6.61 Å². The lowest BCUT2D eigenvalue weighted by molar-refractivity contribution is -0.0131. The highest BCUT2D eigenvalue weighted by atomic mass is 19.3. The largest absolute Gasteiger partial charge is 0.369 e. The lowest BCUT2D eigenvalue weighted by Crippen LogP contribution is -2.30. The van der Waals surface area contributed by atoms with Gasteiger partial charge in [-0.15, -0.1) is 10.2 Å². The van der Waals surface area contributed by atoms with Crippen molar-refractivity contribution in [1.29, 1.82) is 0 Å². The van der Waals surface area contributed by atoms with Gasteiger partial charge in [-0.25, -0.2) is 8.78 Å². The highest BCUT2D eigenvalue weighted by Crippen LogP contribution is 2.47. The summed E-state index contributed by atoms with van der Waals surface area (Å²) in [6.45, 7) is 2.64. The number of hydrogen-bond acceptors (Lipinski definition) is 5. The number of rotatable bonds is 3. The Balaban J connectivity index is 1.87. The lowest BCUT2D eigenvalue weighted by atomic mass is 9.81. The molecular formula is C21H21F2N5O. The van der Waals surface area contributed by atoms with Crippen LogP contribution in [0.25, 0.3) is 22.5 Å². The van der Waals surface area contributed by atoms with Crippen LogP contribution in [0.1, 0.15) is 43.1 Å². The monoisotopic (exact) mass is 397 g/mol. The van der Waals surface area contributed by atoms with Crippen molar-refractivity contribution in [2.24, 2.45) is 0 Å². The Morgan fingerprint density at radius 3 is 2.62 bits per heavy atom. The minimum atomic E-state index is -2.76. The van der Waals surface area contributed by atoms with E-state index in [2.05, 4.69) is 20.6 Å². The number of aromatic nitrogens is 5. The molecule has 1 saturated heterocycles. The molecule has 1 aliphatic carbocycles. The van der Waals surface area contributed by atoms with Gasteiger partial charge < -0.3 is 4.74 Å². The molecule has 0 saturated carbocycles. The molecule has 0 amide bonds. The van der Waals surface area contributed by atoms with E-state index < -0.39 is 11.5 Å². The summed E-state index contributed by atoms with van der Waals surface area (Å²) in [4.78, 5) is 4.89. The number of halogens is 2. The number of nitrogens with zero attached hydrogens (tertiary/aromatic N) is 4. The van der Waals surface area contributed by atoms with Gasteiger partial charge in [-0.2, -0.15) is 5.21 Å². The number of alkyl halides is 2. The van der Waals surface area contributed by atoms with E-state index in [0.29, 0.717) is 40.5 Å². The average Bonchev–Trinajstić information content (AvgIpc) is 3.39. The second kappa shape index (κ2) is 6.66. The summed E-state index contributed by atoms with van der Waals surface area (Å²) in [5.41, 5.74) is 3.56. The highest BCUT2D eigenvalue weighted by Gasteiger charge is 2.42.